The molecular weight excluding hydrogens is 152 g/mol. The summed E-state index contributed by atoms with van der Waals surface area (Å²) in [6, 6.07) is 3.34. The number of nitrogens with one attached hydrogen (secondary N) is 1. The Kier molecular flexibility index (Phi) is 1.43. The molecule has 3 nitrogen and oxygen atoms in total. The minimum Gasteiger partial charge on any atom is -0.346 e. The Morgan fingerprint density at radius 3 is 3.00 bits per heavy atom. The average Bonchev–Trinajstić information content (AvgIpc) is 2.04. The zero-order valence-corrected chi connectivity index (χ0v) is 6.66. The lowest BCUT2D eigenvalue weighted by molar-refractivity contribution is 1.26. The van der Waals surface area contributed by atoms with Gasteiger partial charge in [-0.1, -0.05) is 0 Å². The number of H-pyrrole nitrogens is 1. The molecule has 0 saturated heterocycles. The van der Waals surface area contributed by atoms with Crippen LogP contribution in [0.25, 0.3) is 11.0 Å². The predicted octanol–water partition coefficient (Wildman–Crippen LogP) is 1.23. The molecule has 3 heteroatoms. The maximum absolute atomic E-state index is 11.3. The quantitative estimate of drug-likeness (QED) is 0.630. The van der Waals surface area contributed by atoms with Crippen LogP contribution in [0, 0.1) is 6.92 Å². The average molecular weight is 160 g/mol. The maximum Gasteiger partial charge on any atom is 0.191 e. The number of rotatable bonds is 0. The van der Waals surface area contributed by atoms with Crippen LogP contribution < -0.4 is 5.43 Å². The minimum absolute atomic E-state index is 0.0225. The first-order valence-electron chi connectivity index (χ1n) is 3.72. The van der Waals surface area contributed by atoms with Gasteiger partial charge in [-0.05, 0) is 18.6 Å². The van der Waals surface area contributed by atoms with Crippen LogP contribution in [-0.2, 0) is 0 Å². The molecule has 2 aromatic rings. The second-order valence-electron chi connectivity index (χ2n) is 2.69. The van der Waals surface area contributed by atoms with Crippen molar-refractivity contribution in [3.05, 3.63) is 40.3 Å². The van der Waals surface area contributed by atoms with Crippen LogP contribution in [-0.4, -0.2) is 9.97 Å². The van der Waals surface area contributed by atoms with Crippen LogP contribution in [0.2, 0.25) is 0 Å². The lowest BCUT2D eigenvalue weighted by Gasteiger charge is -1.97. The Morgan fingerprint density at radius 1 is 1.42 bits per heavy atom. The third-order valence-electron chi connectivity index (χ3n) is 1.86. The third-order valence-corrected chi connectivity index (χ3v) is 1.86. The highest BCUT2D eigenvalue weighted by atomic mass is 16.1. The number of pyridine rings is 2. The van der Waals surface area contributed by atoms with E-state index < -0.39 is 0 Å². The fourth-order valence-electron chi connectivity index (χ4n) is 1.26. The molecule has 0 aliphatic rings. The van der Waals surface area contributed by atoms with Crippen LogP contribution in [0.4, 0.5) is 0 Å². The smallest absolute Gasteiger partial charge is 0.191 e. The molecule has 2 rings (SSSR count). The molecule has 12 heavy (non-hydrogen) atoms. The van der Waals surface area contributed by atoms with Gasteiger partial charge in [-0.15, -0.1) is 0 Å². The van der Waals surface area contributed by atoms with E-state index in [0.717, 1.165) is 5.56 Å². The van der Waals surface area contributed by atoms with Crippen molar-refractivity contribution in [1.82, 2.24) is 9.97 Å². The van der Waals surface area contributed by atoms with Gasteiger partial charge in [-0.2, -0.15) is 0 Å². The Hall–Kier alpha value is -1.64. The van der Waals surface area contributed by atoms with Gasteiger partial charge < -0.3 is 4.98 Å². The molecule has 0 amide bonds. The van der Waals surface area contributed by atoms with Crippen molar-refractivity contribution in [2.75, 3.05) is 0 Å². The molecule has 0 aliphatic heterocycles. The lowest BCUT2D eigenvalue weighted by Crippen LogP contribution is -2.02. The van der Waals surface area contributed by atoms with Gasteiger partial charge in [0.15, 0.2) is 5.43 Å². The summed E-state index contributed by atoms with van der Waals surface area (Å²) in [5.41, 5.74) is 1.64. The highest BCUT2D eigenvalue weighted by molar-refractivity contribution is 5.77. The van der Waals surface area contributed by atoms with E-state index >= 15 is 0 Å². The van der Waals surface area contributed by atoms with Crippen LogP contribution in [0.5, 0.6) is 0 Å². The number of fused-ring (bicyclic) bond motifs is 1. The summed E-state index contributed by atoms with van der Waals surface area (Å²) in [4.78, 5) is 18.3. The van der Waals surface area contributed by atoms with E-state index in [4.69, 9.17) is 0 Å². The number of hydrogen-bond acceptors (Lipinski definition) is 2. The van der Waals surface area contributed by atoms with Crippen molar-refractivity contribution in [2.24, 2.45) is 0 Å². The van der Waals surface area contributed by atoms with Gasteiger partial charge in [0.05, 0.1) is 5.39 Å². The first-order valence-corrected chi connectivity index (χ1v) is 3.72. The summed E-state index contributed by atoms with van der Waals surface area (Å²) < 4.78 is 0. The predicted molar refractivity (Wildman–Crippen MR) is 47.1 cm³/mol. The van der Waals surface area contributed by atoms with E-state index in [1.54, 1.807) is 12.4 Å². The van der Waals surface area contributed by atoms with E-state index in [1.807, 2.05) is 13.0 Å². The maximum atomic E-state index is 11.3. The summed E-state index contributed by atoms with van der Waals surface area (Å²) >= 11 is 0. The fraction of sp³-hybridized carbons (Fsp3) is 0.111. The summed E-state index contributed by atoms with van der Waals surface area (Å²) in [6.07, 6.45) is 3.30. The Bertz CT molecular complexity index is 468. The first kappa shape index (κ1) is 7.03. The molecule has 0 saturated carbocycles. The van der Waals surface area contributed by atoms with Gasteiger partial charge in [-0.3, -0.25) is 4.79 Å². The molecule has 0 atom stereocenters. The van der Waals surface area contributed by atoms with Crippen molar-refractivity contribution in [3.8, 4) is 0 Å². The van der Waals surface area contributed by atoms with Gasteiger partial charge in [0.2, 0.25) is 0 Å². The molecule has 0 unspecified atom stereocenters. The number of hydrogen-bond donors (Lipinski definition) is 1. The van der Waals surface area contributed by atoms with Gasteiger partial charge >= 0.3 is 0 Å². The molecule has 0 bridgehead atoms. The summed E-state index contributed by atoms with van der Waals surface area (Å²) in [7, 11) is 0. The monoisotopic (exact) mass is 160 g/mol. The SMILES string of the molecule is Cc1ccnc2[nH]ccc(=O)c12. The Morgan fingerprint density at radius 2 is 2.25 bits per heavy atom. The Labute approximate surface area is 69.1 Å². The van der Waals surface area contributed by atoms with Crippen LogP contribution in [0.1, 0.15) is 5.56 Å². The van der Waals surface area contributed by atoms with Crippen LogP contribution in [0.3, 0.4) is 0 Å². The normalized spacial score (nSPS) is 10.4. The topological polar surface area (TPSA) is 45.8 Å². The van der Waals surface area contributed by atoms with Gasteiger partial charge in [0.1, 0.15) is 5.65 Å². The molecule has 1 N–H and O–H groups in total. The number of nitrogens with zero attached hydrogens (tertiary/aromatic N) is 1. The second kappa shape index (κ2) is 2.44. The molecule has 2 aromatic heterocycles. The standard InChI is InChI=1S/C9H8N2O/c1-6-2-4-10-9-8(6)7(12)3-5-11-9/h2-5H,1H3,(H,10,11,12). The lowest BCUT2D eigenvalue weighted by atomic mass is 10.2. The molecular formula is C9H8N2O. The third kappa shape index (κ3) is 0.906. The van der Waals surface area contributed by atoms with E-state index in [9.17, 15) is 4.79 Å². The highest BCUT2D eigenvalue weighted by Crippen LogP contribution is 2.07. The van der Waals surface area contributed by atoms with Crippen molar-refractivity contribution in [1.29, 1.82) is 0 Å². The van der Waals surface area contributed by atoms with Gasteiger partial charge in [0, 0.05) is 18.5 Å². The van der Waals surface area contributed by atoms with Gasteiger partial charge in [0.25, 0.3) is 0 Å². The van der Waals surface area contributed by atoms with Crippen molar-refractivity contribution in [3.63, 3.8) is 0 Å². The molecule has 60 valence electrons. The molecule has 0 aromatic carbocycles. The second-order valence-corrected chi connectivity index (χ2v) is 2.69. The van der Waals surface area contributed by atoms with E-state index in [-0.39, 0.29) is 5.43 Å². The zero-order valence-electron chi connectivity index (χ0n) is 6.66. The fourth-order valence-corrected chi connectivity index (χ4v) is 1.26. The van der Waals surface area contributed by atoms with Crippen molar-refractivity contribution < 1.29 is 0 Å². The number of aryl methyl sites for hydroxylation is 1. The summed E-state index contributed by atoms with van der Waals surface area (Å²) in [6.45, 7) is 1.90. The summed E-state index contributed by atoms with van der Waals surface area (Å²) in [5.74, 6) is 0. The largest absolute Gasteiger partial charge is 0.346 e. The molecule has 0 fully saturated rings. The zero-order chi connectivity index (χ0) is 8.55. The van der Waals surface area contributed by atoms with E-state index in [0.29, 0.717) is 11.0 Å². The molecule has 0 aliphatic carbocycles. The molecule has 0 radical (unpaired) electrons. The number of aromatic amines is 1. The van der Waals surface area contributed by atoms with Crippen LogP contribution in [0.15, 0.2) is 29.3 Å². The molecule has 0 spiro atoms. The molecule has 2 heterocycles. The van der Waals surface area contributed by atoms with Crippen molar-refractivity contribution >= 4 is 11.0 Å². The highest BCUT2D eigenvalue weighted by Gasteiger charge is 2.00. The van der Waals surface area contributed by atoms with Gasteiger partial charge in [-0.25, -0.2) is 4.98 Å². The van der Waals surface area contributed by atoms with E-state index in [1.165, 1.54) is 6.07 Å². The van der Waals surface area contributed by atoms with E-state index in [2.05, 4.69) is 9.97 Å². The minimum atomic E-state index is 0.0225. The first-order chi connectivity index (χ1) is 5.79. The van der Waals surface area contributed by atoms with Crippen molar-refractivity contribution in [2.45, 2.75) is 6.92 Å². The summed E-state index contributed by atoms with van der Waals surface area (Å²) in [5, 5.41) is 0.681. The number of aromatic nitrogens is 2. The van der Waals surface area contributed by atoms with Crippen LogP contribution >= 0.6 is 0 Å². The Balaban J connectivity index is 3.07.